The van der Waals surface area contributed by atoms with Crippen LogP contribution in [0, 0.1) is 13.8 Å². The number of likely N-dealkylation sites (N-methyl/N-ethyl adjacent to an activating group) is 1. The predicted octanol–water partition coefficient (Wildman–Crippen LogP) is 1.49. The van der Waals surface area contributed by atoms with Gasteiger partial charge in [-0.05, 0) is 45.2 Å². The van der Waals surface area contributed by atoms with Crippen LogP contribution < -0.4 is 9.44 Å². The maximum atomic E-state index is 12.2. The molecule has 0 aliphatic heterocycles. The summed E-state index contributed by atoms with van der Waals surface area (Å²) in [5, 5.41) is 0. The van der Waals surface area contributed by atoms with Crippen molar-refractivity contribution in [2.24, 2.45) is 0 Å². The van der Waals surface area contributed by atoms with E-state index in [1.807, 2.05) is 18.7 Å². The van der Waals surface area contributed by atoms with Gasteiger partial charge in [0, 0.05) is 26.2 Å². The van der Waals surface area contributed by atoms with Crippen molar-refractivity contribution in [3.05, 3.63) is 59.7 Å². The molecule has 0 radical (unpaired) electrons. The molecule has 0 amide bonds. The number of nitrogens with zero attached hydrogens (tertiary/aromatic N) is 1. The number of sulfonamides is 2. The van der Waals surface area contributed by atoms with Crippen LogP contribution in [-0.2, 0) is 20.0 Å². The van der Waals surface area contributed by atoms with Gasteiger partial charge in [-0.2, -0.15) is 0 Å². The van der Waals surface area contributed by atoms with Crippen LogP contribution in [0.3, 0.4) is 0 Å². The largest absolute Gasteiger partial charge is 0.304 e. The SMILES string of the molecule is Cc1ccc(S(=O)(=O)NCCN(C)CCNS(=O)(=O)c2ccc(C)cc2)cc1. The molecule has 0 aliphatic rings. The van der Waals surface area contributed by atoms with Crippen molar-refractivity contribution < 1.29 is 16.8 Å². The van der Waals surface area contributed by atoms with Gasteiger partial charge in [0.25, 0.3) is 0 Å². The third kappa shape index (κ3) is 6.68. The molecular weight excluding hydrogens is 398 g/mol. The van der Waals surface area contributed by atoms with E-state index in [0.29, 0.717) is 13.1 Å². The summed E-state index contributed by atoms with van der Waals surface area (Å²) in [6, 6.07) is 13.3. The van der Waals surface area contributed by atoms with Crippen molar-refractivity contribution in [1.29, 1.82) is 0 Å². The average molecular weight is 426 g/mol. The van der Waals surface area contributed by atoms with Crippen molar-refractivity contribution >= 4 is 20.0 Å². The smallest absolute Gasteiger partial charge is 0.240 e. The topological polar surface area (TPSA) is 95.6 Å². The number of nitrogens with one attached hydrogen (secondary N) is 2. The Labute approximate surface area is 167 Å². The van der Waals surface area contributed by atoms with E-state index in [2.05, 4.69) is 9.44 Å². The van der Waals surface area contributed by atoms with E-state index in [1.165, 1.54) is 0 Å². The first-order valence-corrected chi connectivity index (χ1v) is 11.9. The molecule has 0 bridgehead atoms. The lowest BCUT2D eigenvalue weighted by atomic mass is 10.2. The molecule has 7 nitrogen and oxygen atoms in total. The van der Waals surface area contributed by atoms with Crippen molar-refractivity contribution in [1.82, 2.24) is 14.3 Å². The molecule has 0 saturated carbocycles. The quantitative estimate of drug-likeness (QED) is 0.601. The molecule has 154 valence electrons. The molecule has 0 atom stereocenters. The summed E-state index contributed by atoms with van der Waals surface area (Å²) in [7, 11) is -5.28. The third-order valence-electron chi connectivity index (χ3n) is 4.23. The van der Waals surface area contributed by atoms with Gasteiger partial charge in [0.2, 0.25) is 20.0 Å². The first kappa shape index (κ1) is 22.5. The zero-order valence-corrected chi connectivity index (χ0v) is 18.0. The Morgan fingerprint density at radius 3 is 1.32 bits per heavy atom. The van der Waals surface area contributed by atoms with Crippen LogP contribution in [0.25, 0.3) is 0 Å². The highest BCUT2D eigenvalue weighted by Crippen LogP contribution is 2.10. The fourth-order valence-electron chi connectivity index (χ4n) is 2.46. The Morgan fingerprint density at radius 1 is 0.679 bits per heavy atom. The second-order valence-electron chi connectivity index (χ2n) is 6.72. The summed E-state index contributed by atoms with van der Waals surface area (Å²) >= 11 is 0. The number of benzene rings is 2. The van der Waals surface area contributed by atoms with E-state index in [-0.39, 0.29) is 22.9 Å². The van der Waals surface area contributed by atoms with Gasteiger partial charge in [0.1, 0.15) is 0 Å². The summed E-state index contributed by atoms with van der Waals surface area (Å²) < 4.78 is 54.0. The minimum atomic E-state index is -3.54. The van der Waals surface area contributed by atoms with Gasteiger partial charge in [-0.3, -0.25) is 0 Å². The fourth-order valence-corrected chi connectivity index (χ4v) is 4.50. The highest BCUT2D eigenvalue weighted by molar-refractivity contribution is 7.89. The second-order valence-corrected chi connectivity index (χ2v) is 10.3. The molecule has 9 heteroatoms. The van der Waals surface area contributed by atoms with Crippen LogP contribution >= 0.6 is 0 Å². The van der Waals surface area contributed by atoms with Crippen LogP contribution in [0.1, 0.15) is 11.1 Å². The van der Waals surface area contributed by atoms with Crippen molar-refractivity contribution in [2.75, 3.05) is 33.2 Å². The van der Waals surface area contributed by atoms with Crippen molar-refractivity contribution in [3.8, 4) is 0 Å². The van der Waals surface area contributed by atoms with Gasteiger partial charge in [-0.15, -0.1) is 0 Å². The van der Waals surface area contributed by atoms with E-state index in [4.69, 9.17) is 0 Å². The van der Waals surface area contributed by atoms with E-state index in [0.717, 1.165) is 11.1 Å². The van der Waals surface area contributed by atoms with Crippen LogP contribution in [0.4, 0.5) is 0 Å². The zero-order chi connectivity index (χ0) is 20.8. The Balaban J connectivity index is 1.76. The van der Waals surface area contributed by atoms with Gasteiger partial charge in [-0.25, -0.2) is 26.3 Å². The van der Waals surface area contributed by atoms with Crippen LogP contribution in [-0.4, -0.2) is 55.0 Å². The molecule has 0 fully saturated rings. The monoisotopic (exact) mass is 425 g/mol. The van der Waals surface area contributed by atoms with E-state index in [1.54, 1.807) is 55.6 Å². The summed E-state index contributed by atoms with van der Waals surface area (Å²) in [6.45, 7) is 5.17. The average Bonchev–Trinajstić information content (AvgIpc) is 2.62. The second kappa shape index (κ2) is 9.62. The lowest BCUT2D eigenvalue weighted by Gasteiger charge is -2.17. The zero-order valence-electron chi connectivity index (χ0n) is 16.3. The molecule has 0 aliphatic carbocycles. The molecule has 0 saturated heterocycles. The number of rotatable bonds is 10. The summed E-state index contributed by atoms with van der Waals surface area (Å²) in [4.78, 5) is 2.31. The molecule has 2 aromatic carbocycles. The number of hydrogen-bond acceptors (Lipinski definition) is 5. The van der Waals surface area contributed by atoms with E-state index >= 15 is 0 Å². The van der Waals surface area contributed by atoms with Gasteiger partial charge in [0.15, 0.2) is 0 Å². The van der Waals surface area contributed by atoms with Crippen molar-refractivity contribution in [2.45, 2.75) is 23.6 Å². The maximum absolute atomic E-state index is 12.2. The lowest BCUT2D eigenvalue weighted by Crippen LogP contribution is -2.37. The van der Waals surface area contributed by atoms with Gasteiger partial charge in [-0.1, -0.05) is 35.4 Å². The Bertz CT molecular complexity index is 889. The third-order valence-corrected chi connectivity index (χ3v) is 7.19. The van der Waals surface area contributed by atoms with Gasteiger partial charge >= 0.3 is 0 Å². The van der Waals surface area contributed by atoms with Crippen LogP contribution in [0.5, 0.6) is 0 Å². The minimum absolute atomic E-state index is 0.228. The Morgan fingerprint density at radius 2 is 1.00 bits per heavy atom. The highest BCUT2D eigenvalue weighted by atomic mass is 32.2. The van der Waals surface area contributed by atoms with E-state index < -0.39 is 20.0 Å². The molecular formula is C19H27N3O4S2. The van der Waals surface area contributed by atoms with Gasteiger partial charge in [0.05, 0.1) is 9.79 Å². The molecule has 28 heavy (non-hydrogen) atoms. The first-order chi connectivity index (χ1) is 13.1. The van der Waals surface area contributed by atoms with Crippen LogP contribution in [0.15, 0.2) is 58.3 Å². The Kier molecular flexibility index (Phi) is 7.73. The molecule has 2 rings (SSSR count). The van der Waals surface area contributed by atoms with Crippen LogP contribution in [0.2, 0.25) is 0 Å². The molecule has 2 N–H and O–H groups in total. The molecule has 2 aromatic rings. The standard InChI is InChI=1S/C19H27N3O4S2/c1-16-4-8-18(9-5-16)27(23,24)20-12-14-22(3)15-13-21-28(25,26)19-10-6-17(2)7-11-19/h4-11,20-21H,12-15H2,1-3H3. The molecule has 0 aromatic heterocycles. The number of aryl methyl sites for hydroxylation is 2. The first-order valence-electron chi connectivity index (χ1n) is 8.91. The maximum Gasteiger partial charge on any atom is 0.240 e. The summed E-state index contributed by atoms with van der Waals surface area (Å²) in [6.07, 6.45) is 0. The number of hydrogen-bond donors (Lipinski definition) is 2. The normalized spacial score (nSPS) is 12.4. The highest BCUT2D eigenvalue weighted by Gasteiger charge is 2.15. The fraction of sp³-hybridized carbons (Fsp3) is 0.368. The lowest BCUT2D eigenvalue weighted by molar-refractivity contribution is 0.344. The van der Waals surface area contributed by atoms with Crippen molar-refractivity contribution in [3.63, 3.8) is 0 Å². The molecule has 0 heterocycles. The van der Waals surface area contributed by atoms with Gasteiger partial charge < -0.3 is 4.90 Å². The van der Waals surface area contributed by atoms with E-state index in [9.17, 15) is 16.8 Å². The molecule has 0 spiro atoms. The summed E-state index contributed by atoms with van der Waals surface area (Å²) in [5.74, 6) is 0. The minimum Gasteiger partial charge on any atom is -0.304 e. The summed E-state index contributed by atoms with van der Waals surface area (Å²) in [5.41, 5.74) is 1.98. The Hall–Kier alpha value is -1.78. The molecule has 0 unspecified atom stereocenters. The predicted molar refractivity (Wildman–Crippen MR) is 110 cm³/mol.